The van der Waals surface area contributed by atoms with Crippen molar-refractivity contribution in [1.82, 2.24) is 15.0 Å². The predicted molar refractivity (Wildman–Crippen MR) is 103 cm³/mol. The van der Waals surface area contributed by atoms with Crippen molar-refractivity contribution in [3.63, 3.8) is 0 Å². The lowest BCUT2D eigenvalue weighted by molar-refractivity contribution is 0.462. The van der Waals surface area contributed by atoms with Gasteiger partial charge in [0, 0.05) is 35.9 Å². The van der Waals surface area contributed by atoms with Crippen LogP contribution in [0.3, 0.4) is 0 Å². The predicted octanol–water partition coefficient (Wildman–Crippen LogP) is 4.36. The number of fused-ring (bicyclic) bond motifs is 1. The highest BCUT2D eigenvalue weighted by Gasteiger charge is 2.13. The Bertz CT molecular complexity index is 820. The van der Waals surface area contributed by atoms with E-state index in [1.165, 1.54) is 48.6 Å². The zero-order valence-corrected chi connectivity index (χ0v) is 14.5. The van der Waals surface area contributed by atoms with Gasteiger partial charge in [0.2, 0.25) is 5.95 Å². The SMILES string of the molecule is c1ccc2c(CCNc3nccc(NC4CCCCC4)n3)c[nH]c2c1. The molecule has 1 aliphatic rings. The quantitative estimate of drug-likeness (QED) is 0.626. The Morgan fingerprint density at radius 3 is 2.88 bits per heavy atom. The minimum atomic E-state index is 0.558. The number of aromatic amines is 1. The summed E-state index contributed by atoms with van der Waals surface area (Å²) in [6, 6.07) is 10.9. The van der Waals surface area contributed by atoms with Crippen LogP contribution in [0.15, 0.2) is 42.7 Å². The summed E-state index contributed by atoms with van der Waals surface area (Å²) in [6.45, 7) is 0.814. The van der Waals surface area contributed by atoms with Gasteiger partial charge in [0.25, 0.3) is 0 Å². The van der Waals surface area contributed by atoms with Crippen LogP contribution in [0.2, 0.25) is 0 Å². The molecule has 2 aromatic heterocycles. The number of nitrogens with one attached hydrogen (secondary N) is 3. The van der Waals surface area contributed by atoms with E-state index in [-0.39, 0.29) is 0 Å². The third-order valence-corrected chi connectivity index (χ3v) is 4.97. The zero-order valence-electron chi connectivity index (χ0n) is 14.5. The standard InChI is InChI=1S/C20H25N5/c1-2-6-16(7-3-1)24-19-11-13-22-20(25-19)21-12-10-15-14-23-18-9-5-4-8-17(15)18/h4-5,8-9,11,13-14,16,23H,1-3,6-7,10,12H2,(H2,21,22,24,25). The molecule has 3 N–H and O–H groups in total. The molecule has 0 spiro atoms. The Balaban J connectivity index is 1.34. The van der Waals surface area contributed by atoms with Gasteiger partial charge in [-0.1, -0.05) is 37.5 Å². The van der Waals surface area contributed by atoms with Gasteiger partial charge in [-0.15, -0.1) is 0 Å². The molecule has 130 valence electrons. The van der Waals surface area contributed by atoms with E-state index >= 15 is 0 Å². The molecule has 0 bridgehead atoms. The van der Waals surface area contributed by atoms with Crippen LogP contribution >= 0.6 is 0 Å². The summed E-state index contributed by atoms with van der Waals surface area (Å²) in [6.07, 6.45) is 11.3. The molecule has 2 heterocycles. The maximum Gasteiger partial charge on any atom is 0.224 e. The summed E-state index contributed by atoms with van der Waals surface area (Å²) in [5.74, 6) is 1.62. The van der Waals surface area contributed by atoms with Gasteiger partial charge in [-0.3, -0.25) is 0 Å². The molecule has 3 aromatic rings. The first-order valence-electron chi connectivity index (χ1n) is 9.27. The van der Waals surface area contributed by atoms with Gasteiger partial charge in [-0.05, 0) is 37.0 Å². The first kappa shape index (κ1) is 15.9. The highest BCUT2D eigenvalue weighted by molar-refractivity contribution is 5.83. The minimum absolute atomic E-state index is 0.558. The lowest BCUT2D eigenvalue weighted by Crippen LogP contribution is -2.23. The average molecular weight is 335 g/mol. The Hall–Kier alpha value is -2.56. The molecule has 1 aliphatic carbocycles. The number of benzene rings is 1. The average Bonchev–Trinajstić information content (AvgIpc) is 3.06. The number of aromatic nitrogens is 3. The second-order valence-corrected chi connectivity index (χ2v) is 6.78. The van der Waals surface area contributed by atoms with E-state index in [2.05, 4.69) is 56.0 Å². The van der Waals surface area contributed by atoms with Crippen molar-refractivity contribution in [1.29, 1.82) is 0 Å². The fraction of sp³-hybridized carbons (Fsp3) is 0.400. The van der Waals surface area contributed by atoms with Crippen LogP contribution in [0.1, 0.15) is 37.7 Å². The summed E-state index contributed by atoms with van der Waals surface area (Å²) in [4.78, 5) is 12.3. The Labute approximate surface area is 148 Å². The van der Waals surface area contributed by atoms with Gasteiger partial charge >= 0.3 is 0 Å². The van der Waals surface area contributed by atoms with Crippen molar-refractivity contribution in [3.8, 4) is 0 Å². The molecule has 1 saturated carbocycles. The van der Waals surface area contributed by atoms with Crippen molar-refractivity contribution < 1.29 is 0 Å². The highest BCUT2D eigenvalue weighted by atomic mass is 15.1. The lowest BCUT2D eigenvalue weighted by Gasteiger charge is -2.23. The Morgan fingerprint density at radius 1 is 1.08 bits per heavy atom. The third kappa shape index (κ3) is 3.92. The second kappa shape index (κ2) is 7.55. The van der Waals surface area contributed by atoms with Crippen LogP contribution < -0.4 is 10.6 Å². The Kier molecular flexibility index (Phi) is 4.81. The van der Waals surface area contributed by atoms with Crippen LogP contribution in [0.5, 0.6) is 0 Å². The van der Waals surface area contributed by atoms with Gasteiger partial charge in [-0.2, -0.15) is 4.98 Å². The largest absolute Gasteiger partial charge is 0.367 e. The topological polar surface area (TPSA) is 65.6 Å². The van der Waals surface area contributed by atoms with Gasteiger partial charge in [0.15, 0.2) is 0 Å². The van der Waals surface area contributed by atoms with E-state index in [9.17, 15) is 0 Å². The molecule has 0 saturated heterocycles. The van der Waals surface area contributed by atoms with Crippen molar-refractivity contribution in [2.24, 2.45) is 0 Å². The van der Waals surface area contributed by atoms with Crippen molar-refractivity contribution in [3.05, 3.63) is 48.3 Å². The lowest BCUT2D eigenvalue weighted by atomic mass is 9.95. The van der Waals surface area contributed by atoms with Crippen LogP contribution in [0.4, 0.5) is 11.8 Å². The fourth-order valence-corrected chi connectivity index (χ4v) is 3.63. The molecule has 1 fully saturated rings. The maximum atomic E-state index is 4.61. The summed E-state index contributed by atoms with van der Waals surface area (Å²) < 4.78 is 0. The fourth-order valence-electron chi connectivity index (χ4n) is 3.63. The molecular weight excluding hydrogens is 310 g/mol. The number of hydrogen-bond donors (Lipinski definition) is 3. The molecule has 0 amide bonds. The molecule has 5 heteroatoms. The van der Waals surface area contributed by atoms with E-state index in [1.807, 2.05) is 12.3 Å². The van der Waals surface area contributed by atoms with E-state index in [0.717, 1.165) is 18.8 Å². The van der Waals surface area contributed by atoms with E-state index < -0.39 is 0 Å². The van der Waals surface area contributed by atoms with E-state index in [0.29, 0.717) is 12.0 Å². The summed E-state index contributed by atoms with van der Waals surface area (Å²) in [7, 11) is 0. The Morgan fingerprint density at radius 2 is 1.96 bits per heavy atom. The maximum absolute atomic E-state index is 4.61. The van der Waals surface area contributed by atoms with Crippen molar-refractivity contribution in [2.45, 2.75) is 44.6 Å². The van der Waals surface area contributed by atoms with Gasteiger partial charge < -0.3 is 15.6 Å². The summed E-state index contributed by atoms with van der Waals surface area (Å²) in [5, 5.41) is 8.19. The molecule has 1 aromatic carbocycles. The van der Waals surface area contributed by atoms with Crippen LogP contribution in [0, 0.1) is 0 Å². The zero-order chi connectivity index (χ0) is 16.9. The molecule has 0 unspecified atom stereocenters. The second-order valence-electron chi connectivity index (χ2n) is 6.78. The molecule has 0 aliphatic heterocycles. The number of hydrogen-bond acceptors (Lipinski definition) is 4. The first-order chi connectivity index (χ1) is 12.4. The number of anilines is 2. The minimum Gasteiger partial charge on any atom is -0.367 e. The van der Waals surface area contributed by atoms with Crippen molar-refractivity contribution >= 4 is 22.7 Å². The molecule has 0 atom stereocenters. The summed E-state index contributed by atoms with van der Waals surface area (Å²) in [5.41, 5.74) is 2.51. The number of para-hydroxylation sites is 1. The van der Waals surface area contributed by atoms with Gasteiger partial charge in [0.1, 0.15) is 5.82 Å². The third-order valence-electron chi connectivity index (χ3n) is 4.97. The highest BCUT2D eigenvalue weighted by Crippen LogP contribution is 2.21. The van der Waals surface area contributed by atoms with Gasteiger partial charge in [0.05, 0.1) is 0 Å². The van der Waals surface area contributed by atoms with Crippen molar-refractivity contribution in [2.75, 3.05) is 17.2 Å². The number of nitrogens with zero attached hydrogens (tertiary/aromatic N) is 2. The van der Waals surface area contributed by atoms with Crippen LogP contribution in [-0.2, 0) is 6.42 Å². The van der Waals surface area contributed by atoms with E-state index in [1.54, 1.807) is 0 Å². The first-order valence-corrected chi connectivity index (χ1v) is 9.27. The smallest absolute Gasteiger partial charge is 0.224 e. The van der Waals surface area contributed by atoms with Crippen LogP contribution in [0.25, 0.3) is 10.9 Å². The van der Waals surface area contributed by atoms with Gasteiger partial charge in [-0.25, -0.2) is 4.98 Å². The molecule has 25 heavy (non-hydrogen) atoms. The molecule has 4 rings (SSSR count). The number of rotatable bonds is 6. The molecule has 5 nitrogen and oxygen atoms in total. The van der Waals surface area contributed by atoms with E-state index in [4.69, 9.17) is 0 Å². The monoisotopic (exact) mass is 335 g/mol. The normalized spacial score (nSPS) is 15.4. The molecular formula is C20H25N5. The van der Waals surface area contributed by atoms with Crippen LogP contribution in [-0.4, -0.2) is 27.5 Å². The molecule has 0 radical (unpaired) electrons. The number of H-pyrrole nitrogens is 1. The summed E-state index contributed by atoms with van der Waals surface area (Å²) >= 11 is 0.